The van der Waals surface area contributed by atoms with Crippen molar-refractivity contribution in [1.82, 2.24) is 0 Å². The molecule has 1 saturated heterocycles. The Morgan fingerprint density at radius 2 is 2.11 bits per heavy atom. The number of hydrogen-bond donors (Lipinski definition) is 2. The molecule has 0 spiro atoms. The Hall–Kier alpha value is -1.71. The van der Waals surface area contributed by atoms with E-state index < -0.39 is 5.97 Å². The third-order valence-corrected chi connectivity index (χ3v) is 3.94. The van der Waals surface area contributed by atoms with Gasteiger partial charge in [-0.05, 0) is 37.0 Å². The van der Waals surface area contributed by atoms with Crippen LogP contribution < -0.4 is 10.6 Å². The summed E-state index contributed by atoms with van der Waals surface area (Å²) in [5.74, 6) is -0.130. The Bertz CT molecular complexity index is 451. The number of nitrogens with two attached hydrogens (primary N) is 1. The van der Waals surface area contributed by atoms with Crippen LogP contribution in [-0.4, -0.2) is 24.2 Å². The number of carbonyl (C=O) groups is 1. The molecule has 4 heteroatoms. The smallest absolute Gasteiger partial charge is 0.337 e. The third kappa shape index (κ3) is 3.19. The van der Waals surface area contributed by atoms with Gasteiger partial charge in [0.05, 0.1) is 5.56 Å². The highest BCUT2D eigenvalue weighted by molar-refractivity contribution is 5.94. The molecule has 0 unspecified atom stereocenters. The molecule has 0 atom stereocenters. The van der Waals surface area contributed by atoms with Crippen molar-refractivity contribution >= 4 is 17.3 Å². The van der Waals surface area contributed by atoms with E-state index in [-0.39, 0.29) is 5.56 Å². The highest BCUT2D eigenvalue weighted by atomic mass is 16.4. The Balaban J connectivity index is 2.07. The number of rotatable bonds is 4. The van der Waals surface area contributed by atoms with E-state index in [4.69, 9.17) is 10.8 Å². The van der Waals surface area contributed by atoms with Crippen LogP contribution in [0.15, 0.2) is 18.2 Å². The van der Waals surface area contributed by atoms with Crippen molar-refractivity contribution in [3.63, 3.8) is 0 Å². The molecule has 1 aliphatic rings. The lowest BCUT2D eigenvalue weighted by Crippen LogP contribution is -2.33. The van der Waals surface area contributed by atoms with Gasteiger partial charge in [0.25, 0.3) is 0 Å². The fourth-order valence-corrected chi connectivity index (χ4v) is 2.81. The number of nitrogens with zero attached hydrogens (tertiary/aromatic N) is 1. The van der Waals surface area contributed by atoms with Crippen LogP contribution in [0.5, 0.6) is 0 Å². The molecular formula is C15H22N2O2. The molecule has 1 fully saturated rings. The van der Waals surface area contributed by atoms with Crippen molar-refractivity contribution in [2.24, 2.45) is 5.92 Å². The van der Waals surface area contributed by atoms with Crippen LogP contribution in [-0.2, 0) is 0 Å². The van der Waals surface area contributed by atoms with Crippen LogP contribution in [0.4, 0.5) is 11.4 Å². The summed E-state index contributed by atoms with van der Waals surface area (Å²) in [5.41, 5.74) is 7.19. The number of nitrogen functional groups attached to an aromatic ring is 1. The quantitative estimate of drug-likeness (QED) is 0.819. The summed E-state index contributed by atoms with van der Waals surface area (Å²) in [7, 11) is 0. The molecule has 0 radical (unpaired) electrons. The van der Waals surface area contributed by atoms with E-state index in [0.717, 1.165) is 24.7 Å². The predicted molar refractivity (Wildman–Crippen MR) is 77.7 cm³/mol. The lowest BCUT2D eigenvalue weighted by molar-refractivity contribution is 0.0698. The fraction of sp³-hybridized carbons (Fsp3) is 0.533. The summed E-state index contributed by atoms with van der Waals surface area (Å²) in [6.45, 7) is 4.24. The van der Waals surface area contributed by atoms with Gasteiger partial charge in [0.15, 0.2) is 0 Å². The fourth-order valence-electron chi connectivity index (χ4n) is 2.81. The lowest BCUT2D eigenvalue weighted by Gasteiger charge is -2.33. The van der Waals surface area contributed by atoms with E-state index >= 15 is 0 Å². The second-order valence-corrected chi connectivity index (χ2v) is 5.30. The van der Waals surface area contributed by atoms with Crippen LogP contribution in [0.3, 0.4) is 0 Å². The maximum absolute atomic E-state index is 11.1. The molecule has 0 amide bonds. The zero-order valence-corrected chi connectivity index (χ0v) is 11.4. The van der Waals surface area contributed by atoms with E-state index in [0.29, 0.717) is 5.69 Å². The minimum Gasteiger partial charge on any atom is -0.478 e. The summed E-state index contributed by atoms with van der Waals surface area (Å²) in [6.07, 6.45) is 4.94. The Morgan fingerprint density at radius 1 is 1.42 bits per heavy atom. The van der Waals surface area contributed by atoms with Crippen LogP contribution in [0.1, 0.15) is 43.0 Å². The first kappa shape index (κ1) is 13.7. The summed E-state index contributed by atoms with van der Waals surface area (Å²) in [6, 6.07) is 5.30. The van der Waals surface area contributed by atoms with Crippen LogP contribution in [0.2, 0.25) is 0 Å². The minimum atomic E-state index is -0.958. The molecule has 3 N–H and O–H groups in total. The summed E-state index contributed by atoms with van der Waals surface area (Å²) in [4.78, 5) is 13.4. The van der Waals surface area contributed by atoms with Gasteiger partial charge in [-0.2, -0.15) is 0 Å². The highest BCUT2D eigenvalue weighted by Crippen LogP contribution is 2.28. The van der Waals surface area contributed by atoms with Crippen LogP contribution in [0.25, 0.3) is 0 Å². The molecule has 0 bridgehead atoms. The second kappa shape index (κ2) is 5.95. The van der Waals surface area contributed by atoms with Gasteiger partial charge >= 0.3 is 5.97 Å². The topological polar surface area (TPSA) is 66.6 Å². The number of benzene rings is 1. The maximum atomic E-state index is 11.1. The SMILES string of the molecule is CCCC1CCN(c2ccc(N)c(C(=O)O)c2)CC1. The van der Waals surface area contributed by atoms with E-state index in [1.165, 1.54) is 25.7 Å². The third-order valence-electron chi connectivity index (χ3n) is 3.94. The van der Waals surface area contributed by atoms with E-state index in [1.807, 2.05) is 6.07 Å². The Kier molecular flexibility index (Phi) is 4.30. The van der Waals surface area contributed by atoms with Crippen molar-refractivity contribution in [3.8, 4) is 0 Å². The van der Waals surface area contributed by atoms with Crippen LogP contribution >= 0.6 is 0 Å². The van der Waals surface area contributed by atoms with Gasteiger partial charge in [-0.3, -0.25) is 0 Å². The predicted octanol–water partition coefficient (Wildman–Crippen LogP) is 2.98. The molecule has 1 heterocycles. The first-order valence-corrected chi connectivity index (χ1v) is 6.99. The molecule has 4 nitrogen and oxygen atoms in total. The maximum Gasteiger partial charge on any atom is 0.337 e. The normalized spacial score (nSPS) is 16.6. The molecule has 19 heavy (non-hydrogen) atoms. The van der Waals surface area contributed by atoms with Crippen molar-refractivity contribution in [3.05, 3.63) is 23.8 Å². The summed E-state index contributed by atoms with van der Waals surface area (Å²) in [5, 5.41) is 9.10. The molecule has 2 rings (SSSR count). The number of aromatic carboxylic acids is 1. The number of hydrogen-bond acceptors (Lipinski definition) is 3. The van der Waals surface area contributed by atoms with Gasteiger partial charge in [-0.15, -0.1) is 0 Å². The molecule has 0 aromatic heterocycles. The molecule has 104 valence electrons. The number of anilines is 2. The molecule has 1 aromatic carbocycles. The second-order valence-electron chi connectivity index (χ2n) is 5.30. The zero-order valence-electron chi connectivity index (χ0n) is 11.4. The van der Waals surface area contributed by atoms with Crippen molar-refractivity contribution < 1.29 is 9.90 Å². The largest absolute Gasteiger partial charge is 0.478 e. The zero-order chi connectivity index (χ0) is 13.8. The summed E-state index contributed by atoms with van der Waals surface area (Å²) >= 11 is 0. The Labute approximate surface area is 114 Å². The van der Waals surface area contributed by atoms with Gasteiger partial charge in [-0.25, -0.2) is 4.79 Å². The summed E-state index contributed by atoms with van der Waals surface area (Å²) < 4.78 is 0. The first-order valence-electron chi connectivity index (χ1n) is 6.99. The first-order chi connectivity index (χ1) is 9.11. The number of carboxylic acid groups (broad SMARTS) is 1. The van der Waals surface area contributed by atoms with Gasteiger partial charge in [0.2, 0.25) is 0 Å². The molecule has 1 aliphatic heterocycles. The molecular weight excluding hydrogens is 240 g/mol. The van der Waals surface area contributed by atoms with Crippen molar-refractivity contribution in [2.45, 2.75) is 32.6 Å². The minimum absolute atomic E-state index is 0.202. The molecule has 0 saturated carbocycles. The van der Waals surface area contributed by atoms with Crippen molar-refractivity contribution in [2.75, 3.05) is 23.7 Å². The van der Waals surface area contributed by atoms with Gasteiger partial charge in [0.1, 0.15) is 0 Å². The van der Waals surface area contributed by atoms with E-state index in [2.05, 4.69) is 11.8 Å². The molecule has 1 aromatic rings. The van der Waals surface area contributed by atoms with Gasteiger partial charge in [-0.1, -0.05) is 19.8 Å². The van der Waals surface area contributed by atoms with E-state index in [9.17, 15) is 4.79 Å². The highest BCUT2D eigenvalue weighted by Gasteiger charge is 2.20. The van der Waals surface area contributed by atoms with Gasteiger partial charge < -0.3 is 15.7 Å². The van der Waals surface area contributed by atoms with Gasteiger partial charge in [0, 0.05) is 24.5 Å². The van der Waals surface area contributed by atoms with Crippen molar-refractivity contribution in [1.29, 1.82) is 0 Å². The number of piperidine rings is 1. The van der Waals surface area contributed by atoms with E-state index in [1.54, 1.807) is 12.1 Å². The lowest BCUT2D eigenvalue weighted by atomic mass is 9.92. The average Bonchev–Trinajstić information content (AvgIpc) is 2.40. The molecule has 0 aliphatic carbocycles. The average molecular weight is 262 g/mol. The monoisotopic (exact) mass is 262 g/mol. The Morgan fingerprint density at radius 3 is 2.68 bits per heavy atom. The standard InChI is InChI=1S/C15H22N2O2/c1-2-3-11-6-8-17(9-7-11)12-4-5-14(16)13(10-12)15(18)19/h4-5,10-11H,2-3,6-9,16H2,1H3,(H,18,19). The van der Waals surface area contributed by atoms with Crippen LogP contribution in [0, 0.1) is 5.92 Å². The number of carboxylic acids is 1.